The van der Waals surface area contributed by atoms with Crippen LogP contribution in [0.3, 0.4) is 0 Å². The predicted molar refractivity (Wildman–Crippen MR) is 48.9 cm³/mol. The van der Waals surface area contributed by atoms with Crippen molar-refractivity contribution < 1.29 is 15.0 Å². The van der Waals surface area contributed by atoms with Crippen molar-refractivity contribution in [2.24, 2.45) is 0 Å². The minimum atomic E-state index is -0.282. The van der Waals surface area contributed by atoms with Crippen LogP contribution in [0.15, 0.2) is 30.4 Å². The van der Waals surface area contributed by atoms with Crippen molar-refractivity contribution in [2.45, 2.75) is 6.92 Å². The van der Waals surface area contributed by atoms with Crippen LogP contribution in [0.25, 0.3) is 0 Å². The SMILES string of the molecule is CC=CC(=O)c1ccc(O)c(O)c1. The molecule has 0 atom stereocenters. The van der Waals surface area contributed by atoms with Crippen LogP contribution < -0.4 is 0 Å². The second-order valence-electron chi connectivity index (χ2n) is 2.57. The highest BCUT2D eigenvalue weighted by Crippen LogP contribution is 2.24. The van der Waals surface area contributed by atoms with Crippen molar-refractivity contribution >= 4 is 5.78 Å². The van der Waals surface area contributed by atoms with Gasteiger partial charge in [-0.1, -0.05) is 6.08 Å². The molecule has 1 rings (SSSR count). The number of phenols is 2. The van der Waals surface area contributed by atoms with Gasteiger partial charge in [-0.05, 0) is 31.2 Å². The normalized spacial score (nSPS) is 10.5. The second kappa shape index (κ2) is 3.76. The lowest BCUT2D eigenvalue weighted by Gasteiger charge is -1.99. The first-order chi connectivity index (χ1) is 6.15. The first-order valence-electron chi connectivity index (χ1n) is 3.84. The quantitative estimate of drug-likeness (QED) is 0.413. The summed E-state index contributed by atoms with van der Waals surface area (Å²) in [5.41, 5.74) is 0.355. The number of hydrogen-bond donors (Lipinski definition) is 2. The van der Waals surface area contributed by atoms with Gasteiger partial charge < -0.3 is 10.2 Å². The first-order valence-corrected chi connectivity index (χ1v) is 3.84. The third-order valence-electron chi connectivity index (χ3n) is 1.58. The Kier molecular flexibility index (Phi) is 2.69. The van der Waals surface area contributed by atoms with Crippen LogP contribution in [0.4, 0.5) is 0 Å². The molecule has 0 aromatic heterocycles. The number of allylic oxidation sites excluding steroid dienone is 2. The molecule has 68 valence electrons. The molecule has 0 saturated heterocycles. The molecule has 0 spiro atoms. The molecule has 3 nitrogen and oxygen atoms in total. The van der Waals surface area contributed by atoms with Gasteiger partial charge in [-0.3, -0.25) is 4.79 Å². The zero-order chi connectivity index (χ0) is 9.84. The van der Waals surface area contributed by atoms with Gasteiger partial charge in [0.05, 0.1) is 0 Å². The fourth-order valence-electron chi connectivity index (χ4n) is 0.924. The minimum absolute atomic E-state index is 0.196. The lowest BCUT2D eigenvalue weighted by molar-refractivity contribution is 0.104. The highest BCUT2D eigenvalue weighted by Gasteiger charge is 2.04. The number of hydrogen-bond acceptors (Lipinski definition) is 3. The van der Waals surface area contributed by atoms with Crippen LogP contribution in [-0.4, -0.2) is 16.0 Å². The molecule has 0 heterocycles. The van der Waals surface area contributed by atoms with Crippen molar-refractivity contribution in [1.29, 1.82) is 0 Å². The maximum atomic E-state index is 11.2. The second-order valence-corrected chi connectivity index (χ2v) is 2.57. The van der Waals surface area contributed by atoms with Gasteiger partial charge >= 0.3 is 0 Å². The van der Waals surface area contributed by atoms with Gasteiger partial charge in [-0.2, -0.15) is 0 Å². The van der Waals surface area contributed by atoms with Crippen LogP contribution in [-0.2, 0) is 0 Å². The summed E-state index contributed by atoms with van der Waals surface area (Å²) < 4.78 is 0. The molecule has 0 amide bonds. The Morgan fingerprint density at radius 1 is 1.31 bits per heavy atom. The van der Waals surface area contributed by atoms with Gasteiger partial charge in [0.25, 0.3) is 0 Å². The Morgan fingerprint density at radius 2 is 2.00 bits per heavy atom. The van der Waals surface area contributed by atoms with E-state index in [9.17, 15) is 4.79 Å². The topological polar surface area (TPSA) is 57.5 Å². The van der Waals surface area contributed by atoms with Crippen LogP contribution in [0, 0.1) is 0 Å². The maximum Gasteiger partial charge on any atom is 0.185 e. The zero-order valence-corrected chi connectivity index (χ0v) is 7.19. The summed E-state index contributed by atoms with van der Waals surface area (Å²) in [6.07, 6.45) is 3.01. The molecule has 0 aliphatic carbocycles. The molecular formula is C10H10O3. The Balaban J connectivity index is 3.04. The van der Waals surface area contributed by atoms with E-state index in [0.29, 0.717) is 5.56 Å². The van der Waals surface area contributed by atoms with Crippen LogP contribution in [0.5, 0.6) is 11.5 Å². The van der Waals surface area contributed by atoms with E-state index < -0.39 is 0 Å². The maximum absolute atomic E-state index is 11.2. The third-order valence-corrected chi connectivity index (χ3v) is 1.58. The molecule has 13 heavy (non-hydrogen) atoms. The summed E-state index contributed by atoms with van der Waals surface area (Å²) in [7, 11) is 0. The van der Waals surface area contributed by atoms with Crippen molar-refractivity contribution in [3.63, 3.8) is 0 Å². The Labute approximate surface area is 76.0 Å². The lowest BCUT2D eigenvalue weighted by atomic mass is 10.1. The third kappa shape index (κ3) is 2.08. The Morgan fingerprint density at radius 3 is 2.54 bits per heavy atom. The van der Waals surface area contributed by atoms with E-state index >= 15 is 0 Å². The van der Waals surface area contributed by atoms with Crippen LogP contribution >= 0.6 is 0 Å². The molecule has 2 N–H and O–H groups in total. The summed E-state index contributed by atoms with van der Waals surface area (Å²) >= 11 is 0. The van der Waals surface area contributed by atoms with Gasteiger partial charge in [-0.25, -0.2) is 0 Å². The van der Waals surface area contributed by atoms with Crippen molar-refractivity contribution in [3.8, 4) is 11.5 Å². The van der Waals surface area contributed by atoms with E-state index in [1.54, 1.807) is 13.0 Å². The van der Waals surface area contributed by atoms with Gasteiger partial charge in [0.15, 0.2) is 17.3 Å². The molecular weight excluding hydrogens is 168 g/mol. The number of rotatable bonds is 2. The van der Waals surface area contributed by atoms with E-state index in [4.69, 9.17) is 10.2 Å². The highest BCUT2D eigenvalue weighted by molar-refractivity contribution is 6.04. The summed E-state index contributed by atoms with van der Waals surface area (Å²) in [5, 5.41) is 18.1. The number of aromatic hydroxyl groups is 2. The molecule has 1 aromatic carbocycles. The number of benzene rings is 1. The van der Waals surface area contributed by atoms with Gasteiger partial charge in [0.1, 0.15) is 0 Å². The van der Waals surface area contributed by atoms with Crippen LogP contribution in [0.2, 0.25) is 0 Å². The summed E-state index contributed by atoms with van der Waals surface area (Å²) in [5.74, 6) is -0.704. The number of phenolic OH excluding ortho intramolecular Hbond substituents is 2. The van der Waals surface area contributed by atoms with Gasteiger partial charge in [0.2, 0.25) is 0 Å². The van der Waals surface area contributed by atoms with Gasteiger partial charge in [-0.15, -0.1) is 0 Å². The summed E-state index contributed by atoms with van der Waals surface area (Å²) in [4.78, 5) is 11.2. The standard InChI is InChI=1S/C10H10O3/c1-2-3-8(11)7-4-5-9(12)10(13)6-7/h2-6,12-13H,1H3. The van der Waals surface area contributed by atoms with Gasteiger partial charge in [0, 0.05) is 5.56 Å². The fraction of sp³-hybridized carbons (Fsp3) is 0.100. The lowest BCUT2D eigenvalue weighted by Crippen LogP contribution is -1.92. The summed E-state index contributed by atoms with van der Waals surface area (Å²) in [6.45, 7) is 1.73. The fourth-order valence-corrected chi connectivity index (χ4v) is 0.924. The highest BCUT2D eigenvalue weighted by atomic mass is 16.3. The minimum Gasteiger partial charge on any atom is -0.504 e. The average Bonchev–Trinajstić information content (AvgIpc) is 2.10. The molecule has 1 aromatic rings. The number of carbonyl (C=O) groups is 1. The van der Waals surface area contributed by atoms with Crippen molar-refractivity contribution in [2.75, 3.05) is 0 Å². The number of ketones is 1. The smallest absolute Gasteiger partial charge is 0.185 e. The van der Waals surface area contributed by atoms with E-state index in [2.05, 4.69) is 0 Å². The summed E-state index contributed by atoms with van der Waals surface area (Å²) in [6, 6.07) is 3.97. The molecule has 3 heteroatoms. The van der Waals surface area contributed by atoms with E-state index in [0.717, 1.165) is 0 Å². The predicted octanol–water partition coefficient (Wildman–Crippen LogP) is 1.86. The van der Waals surface area contributed by atoms with Crippen LogP contribution in [0.1, 0.15) is 17.3 Å². The Bertz CT molecular complexity index is 353. The molecule has 0 fully saturated rings. The largest absolute Gasteiger partial charge is 0.504 e. The molecule has 0 bridgehead atoms. The van der Waals surface area contributed by atoms with E-state index in [1.165, 1.54) is 24.3 Å². The molecule has 0 aliphatic heterocycles. The first kappa shape index (κ1) is 9.32. The van der Waals surface area contributed by atoms with E-state index in [1.807, 2.05) is 0 Å². The van der Waals surface area contributed by atoms with E-state index in [-0.39, 0.29) is 17.3 Å². The zero-order valence-electron chi connectivity index (χ0n) is 7.19. The van der Waals surface area contributed by atoms with Crippen molar-refractivity contribution in [1.82, 2.24) is 0 Å². The monoisotopic (exact) mass is 178 g/mol. The molecule has 0 radical (unpaired) electrons. The molecule has 0 saturated carbocycles. The Hall–Kier alpha value is -1.77. The number of carbonyl (C=O) groups excluding carboxylic acids is 1. The van der Waals surface area contributed by atoms with Crippen molar-refractivity contribution in [3.05, 3.63) is 35.9 Å². The average molecular weight is 178 g/mol. The molecule has 0 unspecified atom stereocenters. The molecule has 0 aliphatic rings.